The van der Waals surface area contributed by atoms with Crippen molar-refractivity contribution in [2.45, 2.75) is 93.8 Å². The van der Waals surface area contributed by atoms with Crippen LogP contribution in [-0.4, -0.2) is 36.6 Å². The number of aliphatic hydroxyl groups excluding tert-OH is 2. The number of rotatable bonds is 7. The zero-order valence-electron chi connectivity index (χ0n) is 20.6. The van der Waals surface area contributed by atoms with Crippen LogP contribution in [0.2, 0.25) is 0 Å². The summed E-state index contributed by atoms with van der Waals surface area (Å²) in [7, 11) is -3.43. The number of aliphatic hydroxyl groups is 2. The first-order chi connectivity index (χ1) is 16.3. The van der Waals surface area contributed by atoms with E-state index in [0.717, 1.165) is 43.4 Å². The van der Waals surface area contributed by atoms with Gasteiger partial charge in [0.25, 0.3) is 0 Å². The number of allylic oxidation sites excluding steroid dienone is 1. The predicted molar refractivity (Wildman–Crippen MR) is 135 cm³/mol. The maximum Gasteiger partial charge on any atom is 0.181 e. The highest BCUT2D eigenvalue weighted by Crippen LogP contribution is 2.64. The van der Waals surface area contributed by atoms with Crippen molar-refractivity contribution in [3.8, 4) is 0 Å². The van der Waals surface area contributed by atoms with Crippen LogP contribution in [0, 0.1) is 35.0 Å². The van der Waals surface area contributed by atoms with E-state index in [4.69, 9.17) is 0 Å². The minimum atomic E-state index is -3.43. The molecule has 0 aliphatic heterocycles. The highest BCUT2D eigenvalue weighted by Gasteiger charge is 2.55. The summed E-state index contributed by atoms with van der Waals surface area (Å²) in [6.07, 6.45) is 13.4. The minimum Gasteiger partial charge on any atom is -0.396 e. The van der Waals surface area contributed by atoms with Crippen molar-refractivity contribution >= 4 is 9.84 Å². The Balaban J connectivity index is 1.29. The number of fused-ring (bicyclic) bond motifs is 5. The summed E-state index contributed by atoms with van der Waals surface area (Å²) in [4.78, 5) is 0.381. The van der Waals surface area contributed by atoms with Gasteiger partial charge < -0.3 is 10.2 Å². The molecule has 0 bridgehead atoms. The quantitative estimate of drug-likeness (QED) is 0.496. The molecule has 0 radical (unpaired) electrons. The van der Waals surface area contributed by atoms with Gasteiger partial charge in [-0.2, -0.15) is 0 Å². The van der Waals surface area contributed by atoms with Crippen LogP contribution >= 0.6 is 0 Å². The van der Waals surface area contributed by atoms with Crippen molar-refractivity contribution in [3.05, 3.63) is 42.0 Å². The first-order valence-corrected chi connectivity index (χ1v) is 15.2. The van der Waals surface area contributed by atoms with E-state index >= 15 is 0 Å². The van der Waals surface area contributed by atoms with Crippen LogP contribution in [0.1, 0.15) is 77.6 Å². The summed E-state index contributed by atoms with van der Waals surface area (Å²) in [6.45, 7) is 2.41. The van der Waals surface area contributed by atoms with E-state index < -0.39 is 15.1 Å². The van der Waals surface area contributed by atoms with Crippen molar-refractivity contribution in [1.29, 1.82) is 0 Å². The Morgan fingerprint density at radius 1 is 1.03 bits per heavy atom. The lowest BCUT2D eigenvalue weighted by Crippen LogP contribution is -2.46. The Bertz CT molecular complexity index is 987. The molecule has 1 aromatic rings. The Labute approximate surface area is 205 Å². The van der Waals surface area contributed by atoms with E-state index in [1.807, 2.05) is 6.07 Å². The Hall–Kier alpha value is -1.17. The fraction of sp³-hybridized carbons (Fsp3) is 0.724. The van der Waals surface area contributed by atoms with Gasteiger partial charge in [-0.25, -0.2) is 8.42 Å². The van der Waals surface area contributed by atoms with Gasteiger partial charge in [0.2, 0.25) is 0 Å². The van der Waals surface area contributed by atoms with Crippen LogP contribution in [0.3, 0.4) is 0 Å². The van der Waals surface area contributed by atoms with Crippen LogP contribution in [-0.2, 0) is 9.84 Å². The van der Waals surface area contributed by atoms with E-state index in [1.54, 1.807) is 24.3 Å². The molecule has 34 heavy (non-hydrogen) atoms. The smallest absolute Gasteiger partial charge is 0.181 e. The number of hydrogen-bond acceptors (Lipinski definition) is 4. The molecule has 0 aromatic heterocycles. The Morgan fingerprint density at radius 3 is 2.59 bits per heavy atom. The highest BCUT2D eigenvalue weighted by atomic mass is 32.2. The highest BCUT2D eigenvalue weighted by molar-refractivity contribution is 7.92. The van der Waals surface area contributed by atoms with Gasteiger partial charge in [-0.05, 0) is 118 Å². The number of sulfone groups is 1. The number of hydrogen-bond donors (Lipinski definition) is 2. The fourth-order valence-corrected chi connectivity index (χ4v) is 10.4. The van der Waals surface area contributed by atoms with Crippen molar-refractivity contribution in [2.24, 2.45) is 35.0 Å². The van der Waals surface area contributed by atoms with Gasteiger partial charge in [0.1, 0.15) is 0 Å². The summed E-state index contributed by atoms with van der Waals surface area (Å²) in [5, 5.41) is 19.3. The fourth-order valence-electron chi connectivity index (χ4n) is 8.62. The van der Waals surface area contributed by atoms with Crippen LogP contribution < -0.4 is 0 Å². The summed E-state index contributed by atoms with van der Waals surface area (Å²) in [6, 6.07) is 8.77. The average molecular weight is 487 g/mol. The van der Waals surface area contributed by atoms with E-state index in [2.05, 4.69) is 13.0 Å². The summed E-state index contributed by atoms with van der Waals surface area (Å²) < 4.78 is 26.6. The number of benzene rings is 1. The lowest BCUT2D eigenvalue weighted by atomic mass is 9.51. The first kappa shape index (κ1) is 24.5. The second-order valence-corrected chi connectivity index (χ2v) is 14.1. The van der Waals surface area contributed by atoms with Crippen LogP contribution in [0.15, 0.2) is 46.9 Å². The normalized spacial score (nSPS) is 38.4. The molecule has 3 fully saturated rings. The van der Waals surface area contributed by atoms with Gasteiger partial charge in [-0.3, -0.25) is 0 Å². The average Bonchev–Trinajstić information content (AvgIpc) is 3.18. The standard InChI is InChI=1S/C29H42O4S/c1-29-17-15-26-25-13-10-22(31)19-20(25)7-12-27(26)28(29)14-9-21(29)8-11-24(16-18-30)34(32,33)23-5-3-2-4-6-23/h2-7,21-22,24-28,30-31H,8-19H2,1H3. The van der Waals surface area contributed by atoms with Gasteiger partial charge >= 0.3 is 0 Å². The van der Waals surface area contributed by atoms with Crippen LogP contribution in [0.5, 0.6) is 0 Å². The molecule has 3 saturated carbocycles. The van der Waals surface area contributed by atoms with E-state index in [-0.39, 0.29) is 12.7 Å². The Morgan fingerprint density at radius 2 is 1.82 bits per heavy atom. The van der Waals surface area contributed by atoms with E-state index in [0.29, 0.717) is 35.0 Å². The van der Waals surface area contributed by atoms with Crippen molar-refractivity contribution < 1.29 is 18.6 Å². The van der Waals surface area contributed by atoms with Gasteiger partial charge in [-0.1, -0.05) is 36.8 Å². The molecule has 8 unspecified atom stereocenters. The molecule has 5 rings (SSSR count). The predicted octanol–water partition coefficient (Wildman–Crippen LogP) is 5.54. The zero-order valence-corrected chi connectivity index (χ0v) is 21.4. The van der Waals surface area contributed by atoms with Gasteiger partial charge in [-0.15, -0.1) is 0 Å². The summed E-state index contributed by atoms with van der Waals surface area (Å²) in [5.41, 5.74) is 1.84. The topological polar surface area (TPSA) is 74.6 Å². The molecule has 0 saturated heterocycles. The third-order valence-corrected chi connectivity index (χ3v) is 12.7. The lowest BCUT2D eigenvalue weighted by molar-refractivity contribution is -0.0200. The molecule has 0 spiro atoms. The van der Waals surface area contributed by atoms with Crippen molar-refractivity contribution in [3.63, 3.8) is 0 Å². The van der Waals surface area contributed by atoms with Crippen molar-refractivity contribution in [2.75, 3.05) is 6.61 Å². The molecular weight excluding hydrogens is 444 g/mol. The molecule has 4 aliphatic carbocycles. The van der Waals surface area contributed by atoms with E-state index in [9.17, 15) is 18.6 Å². The van der Waals surface area contributed by atoms with E-state index in [1.165, 1.54) is 37.7 Å². The molecule has 4 aliphatic rings. The second-order valence-electron chi connectivity index (χ2n) is 11.9. The molecule has 0 heterocycles. The first-order valence-electron chi connectivity index (χ1n) is 13.6. The maximum atomic E-state index is 13.3. The van der Waals surface area contributed by atoms with Crippen LogP contribution in [0.4, 0.5) is 0 Å². The summed E-state index contributed by atoms with van der Waals surface area (Å²) >= 11 is 0. The zero-order chi connectivity index (χ0) is 23.9. The van der Waals surface area contributed by atoms with Gasteiger partial charge in [0.15, 0.2) is 9.84 Å². The van der Waals surface area contributed by atoms with Crippen molar-refractivity contribution in [1.82, 2.24) is 0 Å². The monoisotopic (exact) mass is 486 g/mol. The third kappa shape index (κ3) is 4.30. The van der Waals surface area contributed by atoms with Gasteiger partial charge in [0, 0.05) is 6.61 Å². The molecule has 5 heteroatoms. The summed E-state index contributed by atoms with van der Waals surface area (Å²) in [5.74, 6) is 3.54. The van der Waals surface area contributed by atoms with Crippen LogP contribution in [0.25, 0.3) is 0 Å². The second kappa shape index (κ2) is 9.71. The molecule has 4 nitrogen and oxygen atoms in total. The molecule has 0 amide bonds. The molecule has 2 N–H and O–H groups in total. The SMILES string of the molecule is CC12CCC3C4CCC(O)CC4=CCC3C1CCC2CCC(CCO)S(=O)(=O)c1ccccc1. The minimum absolute atomic E-state index is 0.0875. The molecule has 188 valence electrons. The third-order valence-electron chi connectivity index (χ3n) is 10.4. The maximum absolute atomic E-state index is 13.3. The molecule has 1 aromatic carbocycles. The molecule has 8 atom stereocenters. The Kier molecular flexibility index (Phi) is 7.00. The van der Waals surface area contributed by atoms with Gasteiger partial charge in [0.05, 0.1) is 16.2 Å². The lowest BCUT2D eigenvalue weighted by Gasteiger charge is -2.54. The largest absolute Gasteiger partial charge is 0.396 e. The molecular formula is C29H42O4S.